The van der Waals surface area contributed by atoms with Crippen LogP contribution in [0.25, 0.3) is 6.08 Å². The lowest BCUT2D eigenvalue weighted by Gasteiger charge is -2.30. The largest absolute Gasteiger partial charge is 0.496 e. The Balaban J connectivity index is 1.35. The van der Waals surface area contributed by atoms with Crippen molar-refractivity contribution >= 4 is 17.9 Å². The molecule has 2 heterocycles. The van der Waals surface area contributed by atoms with E-state index in [2.05, 4.69) is 5.32 Å². The third-order valence-electron chi connectivity index (χ3n) is 6.04. The Labute approximate surface area is 183 Å². The normalized spacial score (nSPS) is 23.6. The Kier molecular flexibility index (Phi) is 6.63. The molecule has 5 heteroatoms. The minimum atomic E-state index is -0.422. The van der Waals surface area contributed by atoms with Gasteiger partial charge >= 0.3 is 0 Å². The molecule has 2 fully saturated rings. The standard InChI is InChI=1S/C26H28N2O3/c1-31-23-14-8-7-13-20(23)18-21-15-16-22-24(27-21)26(30)28(25(22)29)17-9-3-6-12-19-10-4-2-5-11-19/h2-14,21-22,24,27H,15-18H2,1H3/b9-3+,12-6-. The maximum absolute atomic E-state index is 12.9. The van der Waals surface area contributed by atoms with Gasteiger partial charge in [-0.25, -0.2) is 0 Å². The number of allylic oxidation sites excluding steroid dienone is 2. The Bertz CT molecular complexity index is 983. The molecule has 0 radical (unpaired) electrons. The summed E-state index contributed by atoms with van der Waals surface area (Å²) in [5.74, 6) is 0.427. The molecule has 2 aromatic rings. The van der Waals surface area contributed by atoms with Gasteiger partial charge < -0.3 is 10.1 Å². The number of nitrogens with zero attached hydrogens (tertiary/aromatic N) is 1. The zero-order valence-corrected chi connectivity index (χ0v) is 17.7. The number of piperidine rings is 1. The third kappa shape index (κ3) is 4.78. The van der Waals surface area contributed by atoms with Gasteiger partial charge in [0.1, 0.15) is 5.75 Å². The van der Waals surface area contributed by atoms with Gasteiger partial charge in [-0.1, -0.05) is 72.8 Å². The lowest BCUT2D eigenvalue weighted by atomic mass is 9.87. The quantitative estimate of drug-likeness (QED) is 0.553. The SMILES string of the molecule is COc1ccccc1CC1CCC2C(=O)N(C/C=C/C=C\c3ccccc3)C(=O)C2N1. The van der Waals surface area contributed by atoms with E-state index in [0.717, 1.165) is 36.1 Å². The first kappa shape index (κ1) is 21.1. The molecule has 2 amide bonds. The second-order valence-electron chi connectivity index (χ2n) is 8.03. The first-order valence-corrected chi connectivity index (χ1v) is 10.8. The molecular formula is C26H28N2O3. The summed E-state index contributed by atoms with van der Waals surface area (Å²) in [6.07, 6.45) is 10.0. The fourth-order valence-corrected chi connectivity index (χ4v) is 4.44. The van der Waals surface area contributed by atoms with Gasteiger partial charge in [0.25, 0.3) is 0 Å². The van der Waals surface area contributed by atoms with Crippen LogP contribution in [0, 0.1) is 5.92 Å². The molecule has 0 bridgehead atoms. The monoisotopic (exact) mass is 416 g/mol. The average Bonchev–Trinajstić information content (AvgIpc) is 3.04. The first-order chi connectivity index (χ1) is 15.2. The second-order valence-corrected chi connectivity index (χ2v) is 8.03. The van der Waals surface area contributed by atoms with Crippen molar-refractivity contribution in [2.24, 2.45) is 5.92 Å². The van der Waals surface area contributed by atoms with Crippen LogP contribution < -0.4 is 10.1 Å². The van der Waals surface area contributed by atoms with Crippen molar-refractivity contribution in [3.63, 3.8) is 0 Å². The van der Waals surface area contributed by atoms with Crippen LogP contribution in [0.1, 0.15) is 24.0 Å². The average molecular weight is 417 g/mol. The van der Waals surface area contributed by atoms with Gasteiger partial charge in [0.05, 0.1) is 19.1 Å². The zero-order chi connectivity index (χ0) is 21.6. The zero-order valence-electron chi connectivity index (χ0n) is 17.7. The minimum absolute atomic E-state index is 0.0602. The molecule has 3 unspecified atom stereocenters. The number of para-hydroxylation sites is 1. The van der Waals surface area contributed by atoms with Crippen molar-refractivity contribution in [3.05, 3.63) is 84.0 Å². The number of rotatable bonds is 7. The topological polar surface area (TPSA) is 58.6 Å². The Hall–Kier alpha value is -3.18. The highest BCUT2D eigenvalue weighted by Crippen LogP contribution is 2.31. The van der Waals surface area contributed by atoms with Crippen LogP contribution in [0.15, 0.2) is 72.8 Å². The molecule has 2 aromatic carbocycles. The van der Waals surface area contributed by atoms with Crippen molar-refractivity contribution in [2.45, 2.75) is 31.3 Å². The van der Waals surface area contributed by atoms with E-state index in [-0.39, 0.29) is 23.8 Å². The predicted molar refractivity (Wildman–Crippen MR) is 121 cm³/mol. The molecule has 0 saturated carbocycles. The number of hydrogen-bond donors (Lipinski definition) is 1. The van der Waals surface area contributed by atoms with Crippen LogP contribution in [0.5, 0.6) is 5.75 Å². The van der Waals surface area contributed by atoms with Crippen molar-refractivity contribution < 1.29 is 14.3 Å². The van der Waals surface area contributed by atoms with Crippen LogP contribution >= 0.6 is 0 Å². The molecule has 0 aromatic heterocycles. The number of carbonyl (C=O) groups excluding carboxylic acids is 2. The van der Waals surface area contributed by atoms with E-state index >= 15 is 0 Å². The number of ether oxygens (including phenoxy) is 1. The maximum atomic E-state index is 12.9. The van der Waals surface area contributed by atoms with Crippen LogP contribution in [0.4, 0.5) is 0 Å². The molecule has 4 rings (SSSR count). The van der Waals surface area contributed by atoms with Crippen LogP contribution in [-0.2, 0) is 16.0 Å². The molecule has 0 spiro atoms. The Morgan fingerprint density at radius 1 is 1.00 bits per heavy atom. The number of likely N-dealkylation sites (tertiary alicyclic amines) is 1. The highest BCUT2D eigenvalue weighted by molar-refractivity contribution is 6.07. The van der Waals surface area contributed by atoms with E-state index < -0.39 is 6.04 Å². The molecule has 2 aliphatic rings. The van der Waals surface area contributed by atoms with Gasteiger partial charge in [0.2, 0.25) is 11.8 Å². The van der Waals surface area contributed by atoms with E-state index in [4.69, 9.17) is 4.74 Å². The van der Waals surface area contributed by atoms with E-state index in [1.807, 2.05) is 78.9 Å². The lowest BCUT2D eigenvalue weighted by Crippen LogP contribution is -2.50. The van der Waals surface area contributed by atoms with Crippen molar-refractivity contribution in [3.8, 4) is 5.75 Å². The molecule has 160 valence electrons. The summed E-state index contributed by atoms with van der Waals surface area (Å²) in [6.45, 7) is 0.308. The predicted octanol–water partition coefficient (Wildman–Crippen LogP) is 3.61. The Morgan fingerprint density at radius 3 is 2.58 bits per heavy atom. The minimum Gasteiger partial charge on any atom is -0.496 e. The van der Waals surface area contributed by atoms with Crippen LogP contribution in [0.2, 0.25) is 0 Å². The molecule has 0 aliphatic carbocycles. The van der Waals surface area contributed by atoms with Gasteiger partial charge in [-0.2, -0.15) is 0 Å². The summed E-state index contributed by atoms with van der Waals surface area (Å²) in [5.41, 5.74) is 2.22. The van der Waals surface area contributed by atoms with Crippen molar-refractivity contribution in [2.75, 3.05) is 13.7 Å². The van der Waals surface area contributed by atoms with Crippen LogP contribution in [0.3, 0.4) is 0 Å². The van der Waals surface area contributed by atoms with E-state index in [1.165, 1.54) is 4.90 Å². The van der Waals surface area contributed by atoms with Gasteiger partial charge in [-0.05, 0) is 36.5 Å². The number of imide groups is 1. The summed E-state index contributed by atoms with van der Waals surface area (Å²) in [5, 5.41) is 3.44. The number of benzene rings is 2. The molecule has 3 atom stereocenters. The van der Waals surface area contributed by atoms with Crippen LogP contribution in [-0.4, -0.2) is 42.5 Å². The smallest absolute Gasteiger partial charge is 0.247 e. The second kappa shape index (κ2) is 9.75. The summed E-state index contributed by atoms with van der Waals surface area (Å²) >= 11 is 0. The summed E-state index contributed by atoms with van der Waals surface area (Å²) in [4.78, 5) is 27.1. The van der Waals surface area contributed by atoms with Gasteiger partial charge in [-0.3, -0.25) is 14.5 Å². The maximum Gasteiger partial charge on any atom is 0.247 e. The fourth-order valence-electron chi connectivity index (χ4n) is 4.44. The highest BCUT2D eigenvalue weighted by atomic mass is 16.5. The molecule has 1 N–H and O–H groups in total. The molecule has 5 nitrogen and oxygen atoms in total. The number of nitrogens with one attached hydrogen (secondary N) is 1. The van der Waals surface area contributed by atoms with Gasteiger partial charge in [0.15, 0.2) is 0 Å². The molecule has 31 heavy (non-hydrogen) atoms. The summed E-state index contributed by atoms with van der Waals surface area (Å²) < 4.78 is 5.45. The highest BCUT2D eigenvalue weighted by Gasteiger charge is 2.49. The summed E-state index contributed by atoms with van der Waals surface area (Å²) in [6, 6.07) is 17.7. The number of amides is 2. The number of fused-ring (bicyclic) bond motifs is 1. The van der Waals surface area contributed by atoms with E-state index in [1.54, 1.807) is 7.11 Å². The number of hydrogen-bond acceptors (Lipinski definition) is 4. The lowest BCUT2D eigenvalue weighted by molar-refractivity contribution is -0.138. The van der Waals surface area contributed by atoms with Gasteiger partial charge in [0, 0.05) is 12.6 Å². The number of methoxy groups -OCH3 is 1. The molecule has 2 aliphatic heterocycles. The Morgan fingerprint density at radius 2 is 1.77 bits per heavy atom. The summed E-state index contributed by atoms with van der Waals surface area (Å²) in [7, 11) is 1.67. The first-order valence-electron chi connectivity index (χ1n) is 10.8. The molecular weight excluding hydrogens is 388 g/mol. The molecule has 2 saturated heterocycles. The fraction of sp³-hybridized carbons (Fsp3) is 0.308. The van der Waals surface area contributed by atoms with Gasteiger partial charge in [-0.15, -0.1) is 0 Å². The van der Waals surface area contributed by atoms with E-state index in [9.17, 15) is 9.59 Å². The van der Waals surface area contributed by atoms with Crippen molar-refractivity contribution in [1.82, 2.24) is 10.2 Å². The van der Waals surface area contributed by atoms with Crippen molar-refractivity contribution in [1.29, 1.82) is 0 Å². The number of carbonyl (C=O) groups is 2. The third-order valence-corrected chi connectivity index (χ3v) is 6.04. The van der Waals surface area contributed by atoms with E-state index in [0.29, 0.717) is 6.54 Å².